The third-order valence-electron chi connectivity index (χ3n) is 6.47. The van der Waals surface area contributed by atoms with Crippen LogP contribution in [0.15, 0.2) is 42.6 Å². The summed E-state index contributed by atoms with van der Waals surface area (Å²) in [6, 6.07) is 9.69. The fourth-order valence-electron chi connectivity index (χ4n) is 4.39. The summed E-state index contributed by atoms with van der Waals surface area (Å²) < 4.78 is 46.4. The molecular weight excluding hydrogens is 563 g/mol. The summed E-state index contributed by atoms with van der Waals surface area (Å²) >= 11 is 6.55. The molecule has 0 aliphatic rings. The SMILES string of the molecule is C[C@@H](Oc1ccc(C(N)=O)c([C@@H](CNC(=O)CN)Cc2ccc(-c3cn(C)c(C(C)(C)O)n3)cc2)c1Cl)C(F)(F)F. The number of nitrogens with one attached hydrogen (secondary N) is 1. The van der Waals surface area contributed by atoms with Gasteiger partial charge in [-0.2, -0.15) is 13.2 Å². The van der Waals surface area contributed by atoms with E-state index in [1.54, 1.807) is 31.7 Å². The summed E-state index contributed by atoms with van der Waals surface area (Å²) in [7, 11) is 1.78. The Bertz CT molecular complexity index is 1400. The Morgan fingerprint density at radius 3 is 2.32 bits per heavy atom. The highest BCUT2D eigenvalue weighted by Gasteiger charge is 2.39. The number of carbonyl (C=O) groups is 2. The molecule has 2 aromatic carbocycles. The molecule has 3 aromatic rings. The van der Waals surface area contributed by atoms with Crippen molar-refractivity contribution in [3.63, 3.8) is 0 Å². The largest absolute Gasteiger partial charge is 0.480 e. The molecule has 9 nitrogen and oxygen atoms in total. The molecule has 2 atom stereocenters. The van der Waals surface area contributed by atoms with E-state index in [0.717, 1.165) is 24.1 Å². The van der Waals surface area contributed by atoms with Crippen LogP contribution >= 0.6 is 11.6 Å². The first-order valence-electron chi connectivity index (χ1n) is 12.7. The number of carbonyl (C=O) groups excluding carboxylic acids is 2. The number of ether oxygens (including phenoxy) is 1. The number of imidazole rings is 1. The van der Waals surface area contributed by atoms with Gasteiger partial charge in [0.15, 0.2) is 6.10 Å². The highest BCUT2D eigenvalue weighted by Crippen LogP contribution is 2.39. The Morgan fingerprint density at radius 2 is 1.80 bits per heavy atom. The number of halogens is 4. The lowest BCUT2D eigenvalue weighted by molar-refractivity contribution is -0.189. The van der Waals surface area contributed by atoms with Crippen molar-refractivity contribution in [1.82, 2.24) is 14.9 Å². The lowest BCUT2D eigenvalue weighted by atomic mass is 9.87. The second kappa shape index (κ2) is 12.5. The molecule has 0 saturated carbocycles. The third-order valence-corrected chi connectivity index (χ3v) is 6.86. The van der Waals surface area contributed by atoms with Crippen molar-refractivity contribution in [3.8, 4) is 17.0 Å². The van der Waals surface area contributed by atoms with Crippen molar-refractivity contribution in [1.29, 1.82) is 0 Å². The number of nitrogens with two attached hydrogens (primary N) is 2. The minimum atomic E-state index is -4.65. The molecule has 3 rings (SSSR count). The molecule has 0 saturated heterocycles. The van der Waals surface area contributed by atoms with Gasteiger partial charge in [-0.15, -0.1) is 0 Å². The Morgan fingerprint density at radius 1 is 1.17 bits per heavy atom. The van der Waals surface area contributed by atoms with E-state index in [4.69, 9.17) is 27.8 Å². The van der Waals surface area contributed by atoms with Crippen molar-refractivity contribution in [2.24, 2.45) is 18.5 Å². The number of primary amides is 1. The molecule has 0 unspecified atom stereocenters. The van der Waals surface area contributed by atoms with Gasteiger partial charge in [0.1, 0.15) is 17.2 Å². The molecular formula is C28H33ClF3N5O4. The lowest BCUT2D eigenvalue weighted by Gasteiger charge is -2.25. The number of alkyl halides is 3. The van der Waals surface area contributed by atoms with Crippen LogP contribution in [0.2, 0.25) is 5.02 Å². The maximum Gasteiger partial charge on any atom is 0.425 e. The third kappa shape index (κ3) is 7.78. The molecule has 41 heavy (non-hydrogen) atoms. The van der Waals surface area contributed by atoms with Crippen molar-refractivity contribution in [2.45, 2.75) is 51.0 Å². The molecule has 1 heterocycles. The monoisotopic (exact) mass is 595 g/mol. The average Bonchev–Trinajstić information content (AvgIpc) is 3.29. The number of nitrogens with zero attached hydrogens (tertiary/aromatic N) is 2. The zero-order valence-electron chi connectivity index (χ0n) is 23.1. The summed E-state index contributed by atoms with van der Waals surface area (Å²) in [5.41, 5.74) is 12.2. The van der Waals surface area contributed by atoms with Crippen LogP contribution in [0.25, 0.3) is 11.3 Å². The van der Waals surface area contributed by atoms with Crippen molar-refractivity contribution in [2.75, 3.05) is 13.1 Å². The van der Waals surface area contributed by atoms with Gasteiger partial charge >= 0.3 is 6.18 Å². The van der Waals surface area contributed by atoms with E-state index in [9.17, 15) is 27.9 Å². The van der Waals surface area contributed by atoms with Crippen molar-refractivity contribution >= 4 is 23.4 Å². The van der Waals surface area contributed by atoms with Crippen LogP contribution in [0.5, 0.6) is 5.75 Å². The number of rotatable bonds is 11. The van der Waals surface area contributed by atoms with Crippen molar-refractivity contribution in [3.05, 3.63) is 70.1 Å². The smallest absolute Gasteiger partial charge is 0.425 e. The predicted molar refractivity (Wildman–Crippen MR) is 149 cm³/mol. The molecule has 13 heteroatoms. The summed E-state index contributed by atoms with van der Waals surface area (Å²) in [6.45, 7) is 3.79. The zero-order chi connectivity index (χ0) is 30.7. The quantitative estimate of drug-likeness (QED) is 0.265. The van der Waals surface area contributed by atoms with Gasteiger partial charge in [0.25, 0.3) is 0 Å². The molecule has 0 bridgehead atoms. The molecule has 0 fully saturated rings. The molecule has 2 amide bonds. The fourth-order valence-corrected chi connectivity index (χ4v) is 4.75. The van der Waals surface area contributed by atoms with E-state index in [0.29, 0.717) is 11.5 Å². The van der Waals surface area contributed by atoms with Gasteiger partial charge in [0, 0.05) is 36.8 Å². The molecule has 6 N–H and O–H groups in total. The Balaban J connectivity index is 2.01. The molecule has 0 radical (unpaired) electrons. The first-order valence-corrected chi connectivity index (χ1v) is 13.1. The van der Waals surface area contributed by atoms with Gasteiger partial charge in [0.05, 0.1) is 17.3 Å². The number of hydrogen-bond donors (Lipinski definition) is 4. The highest BCUT2D eigenvalue weighted by atomic mass is 35.5. The fraction of sp³-hybridized carbons (Fsp3) is 0.393. The maximum absolute atomic E-state index is 13.2. The standard InChI is InChI=1S/C28H33ClF3N5O4/c1-15(28(30,31)32)41-21-10-9-19(25(34)39)23(24(21)29)18(13-35-22(38)12-33)11-16-5-7-17(8-6-16)20-14-37(4)26(36-20)27(2,3)40/h5-10,14-15,18,40H,11-13,33H2,1-4H3,(H2,34,39)(H,35,38)/t15-,18-/m1/s1. The molecule has 1 aromatic heterocycles. The second-order valence-corrected chi connectivity index (χ2v) is 10.6. The highest BCUT2D eigenvalue weighted by molar-refractivity contribution is 6.33. The molecule has 0 spiro atoms. The summed E-state index contributed by atoms with van der Waals surface area (Å²) in [5.74, 6) is -1.80. The number of amides is 2. The molecule has 0 aliphatic carbocycles. The van der Waals surface area contributed by atoms with Gasteiger partial charge in [-0.3, -0.25) is 9.59 Å². The zero-order valence-corrected chi connectivity index (χ0v) is 23.8. The average molecular weight is 596 g/mol. The first-order chi connectivity index (χ1) is 19.0. The van der Waals surface area contributed by atoms with Gasteiger partial charge in [-0.1, -0.05) is 35.9 Å². The summed E-state index contributed by atoms with van der Waals surface area (Å²) in [5, 5.41) is 12.8. The van der Waals surface area contributed by atoms with E-state index in [2.05, 4.69) is 10.3 Å². The maximum atomic E-state index is 13.2. The van der Waals surface area contributed by atoms with Crippen LogP contribution in [0, 0.1) is 0 Å². The summed E-state index contributed by atoms with van der Waals surface area (Å²) in [6.07, 6.45) is -4.80. The van der Waals surface area contributed by atoms with Crippen LogP contribution < -0.4 is 21.5 Å². The van der Waals surface area contributed by atoms with Crippen LogP contribution in [0.1, 0.15) is 54.0 Å². The van der Waals surface area contributed by atoms with E-state index in [1.165, 1.54) is 6.07 Å². The lowest BCUT2D eigenvalue weighted by Crippen LogP contribution is -2.35. The number of hydrogen-bond acceptors (Lipinski definition) is 6. The van der Waals surface area contributed by atoms with Crippen LogP contribution in [0.4, 0.5) is 13.2 Å². The minimum Gasteiger partial charge on any atom is -0.480 e. The normalized spacial score (nSPS) is 13.5. The van der Waals surface area contributed by atoms with E-state index in [1.807, 2.05) is 24.3 Å². The Hall–Kier alpha value is -3.61. The van der Waals surface area contributed by atoms with E-state index in [-0.39, 0.29) is 41.4 Å². The number of aryl methyl sites for hydroxylation is 1. The Kier molecular flexibility index (Phi) is 9.73. The van der Waals surface area contributed by atoms with Crippen LogP contribution in [-0.4, -0.2) is 51.8 Å². The van der Waals surface area contributed by atoms with E-state index < -0.39 is 35.6 Å². The van der Waals surface area contributed by atoms with Crippen molar-refractivity contribution < 1.29 is 32.6 Å². The number of aliphatic hydroxyl groups is 1. The second-order valence-electron chi connectivity index (χ2n) is 10.2. The van der Waals surface area contributed by atoms with Crippen LogP contribution in [0.3, 0.4) is 0 Å². The van der Waals surface area contributed by atoms with Gasteiger partial charge in [-0.05, 0) is 50.5 Å². The Labute approximate surface area is 240 Å². The topological polar surface area (TPSA) is 145 Å². The first kappa shape index (κ1) is 31.9. The molecule has 222 valence electrons. The van der Waals surface area contributed by atoms with Gasteiger partial charge in [0.2, 0.25) is 11.8 Å². The van der Waals surface area contributed by atoms with Gasteiger partial charge in [-0.25, -0.2) is 4.98 Å². The summed E-state index contributed by atoms with van der Waals surface area (Å²) in [4.78, 5) is 28.9. The van der Waals surface area contributed by atoms with Gasteiger partial charge < -0.3 is 31.2 Å². The number of benzene rings is 2. The predicted octanol–water partition coefficient (Wildman–Crippen LogP) is 3.80. The minimum absolute atomic E-state index is 0.0155. The molecule has 0 aliphatic heterocycles. The van der Waals surface area contributed by atoms with Crippen LogP contribution in [-0.2, 0) is 23.9 Å². The van der Waals surface area contributed by atoms with E-state index >= 15 is 0 Å². The number of aromatic nitrogens is 2.